The summed E-state index contributed by atoms with van der Waals surface area (Å²) in [6.45, 7) is 3.40. The predicted octanol–water partition coefficient (Wildman–Crippen LogP) is 7.24. The minimum atomic E-state index is -4.81. The third kappa shape index (κ3) is 5.27. The number of aromatic nitrogens is 4. The summed E-state index contributed by atoms with van der Waals surface area (Å²) >= 11 is 0. The van der Waals surface area contributed by atoms with E-state index >= 15 is 0 Å². The lowest BCUT2D eigenvalue weighted by molar-refractivity contribution is -0.142. The molecule has 4 nitrogen and oxygen atoms in total. The molecule has 0 aliphatic rings. The standard InChI is InChI=1S/C25H16F8N4/c1-23(2,17-7-3-5-15(34-17)13-9-11-19(24(28,29)30)36-21(13)26)18-8-4-6-16(35-18)14-10-12-20(25(31,32)33)37-22(14)27/h3-12H,1-2H3. The van der Waals surface area contributed by atoms with Crippen molar-refractivity contribution < 1.29 is 35.1 Å². The van der Waals surface area contributed by atoms with Crippen molar-refractivity contribution in [2.45, 2.75) is 31.6 Å². The van der Waals surface area contributed by atoms with Crippen LogP contribution in [0.4, 0.5) is 35.1 Å². The maximum Gasteiger partial charge on any atom is 0.433 e. The molecule has 0 aliphatic heterocycles. The first-order valence-corrected chi connectivity index (χ1v) is 10.6. The van der Waals surface area contributed by atoms with Gasteiger partial charge in [0.1, 0.15) is 11.4 Å². The highest BCUT2D eigenvalue weighted by Gasteiger charge is 2.35. The molecule has 0 fully saturated rings. The van der Waals surface area contributed by atoms with Crippen LogP contribution >= 0.6 is 0 Å². The van der Waals surface area contributed by atoms with Crippen LogP contribution in [0.15, 0.2) is 60.7 Å². The van der Waals surface area contributed by atoms with Gasteiger partial charge in [0.05, 0.1) is 33.9 Å². The Bertz CT molecular complexity index is 1350. The molecular weight excluding hydrogens is 508 g/mol. The lowest BCUT2D eigenvalue weighted by atomic mass is 9.84. The van der Waals surface area contributed by atoms with Gasteiger partial charge < -0.3 is 0 Å². The Morgan fingerprint density at radius 3 is 1.19 bits per heavy atom. The van der Waals surface area contributed by atoms with Crippen LogP contribution in [0.3, 0.4) is 0 Å². The summed E-state index contributed by atoms with van der Waals surface area (Å²) in [5.74, 6) is -2.69. The van der Waals surface area contributed by atoms with Gasteiger partial charge in [-0.25, -0.2) is 9.97 Å². The molecule has 0 spiro atoms. The number of alkyl halides is 6. The fraction of sp³-hybridized carbons (Fsp3) is 0.200. The zero-order valence-corrected chi connectivity index (χ0v) is 19.1. The summed E-state index contributed by atoms with van der Waals surface area (Å²) in [5, 5.41) is 0. The van der Waals surface area contributed by atoms with Gasteiger partial charge in [0, 0.05) is 5.41 Å². The van der Waals surface area contributed by atoms with Gasteiger partial charge in [-0.1, -0.05) is 12.1 Å². The fourth-order valence-electron chi connectivity index (χ4n) is 3.56. The van der Waals surface area contributed by atoms with E-state index in [4.69, 9.17) is 0 Å². The lowest BCUT2D eigenvalue weighted by Crippen LogP contribution is -2.22. The van der Waals surface area contributed by atoms with Gasteiger partial charge in [-0.2, -0.15) is 35.1 Å². The Balaban J connectivity index is 1.71. The van der Waals surface area contributed by atoms with Crippen molar-refractivity contribution in [3.63, 3.8) is 0 Å². The highest BCUT2D eigenvalue weighted by atomic mass is 19.4. The van der Waals surface area contributed by atoms with E-state index in [1.807, 2.05) is 0 Å². The molecule has 0 aliphatic carbocycles. The maximum absolute atomic E-state index is 14.4. The first kappa shape index (κ1) is 26.1. The molecule has 0 amide bonds. The quantitative estimate of drug-likeness (QED) is 0.209. The van der Waals surface area contributed by atoms with Crippen molar-refractivity contribution in [3.05, 3.63) is 95.3 Å². The maximum atomic E-state index is 14.4. The molecule has 4 heterocycles. The molecule has 0 bridgehead atoms. The van der Waals surface area contributed by atoms with Gasteiger partial charge in [0.2, 0.25) is 11.9 Å². The number of hydrogen-bond donors (Lipinski definition) is 0. The van der Waals surface area contributed by atoms with Crippen molar-refractivity contribution in [3.8, 4) is 22.5 Å². The minimum Gasteiger partial charge on any atom is -0.252 e. The minimum absolute atomic E-state index is 0.0263. The molecule has 0 saturated heterocycles. The highest BCUT2D eigenvalue weighted by molar-refractivity contribution is 5.61. The zero-order valence-electron chi connectivity index (χ0n) is 19.1. The SMILES string of the molecule is CC(C)(c1cccc(-c2ccc(C(F)(F)F)nc2F)n1)c1cccc(-c2ccc(C(F)(F)F)nc2F)n1. The van der Waals surface area contributed by atoms with Crippen LogP contribution < -0.4 is 0 Å². The second-order valence-electron chi connectivity index (χ2n) is 8.51. The van der Waals surface area contributed by atoms with Crippen LogP contribution in [0.1, 0.15) is 36.6 Å². The summed E-state index contributed by atoms with van der Waals surface area (Å²) in [5.41, 5.74) is -3.49. The Morgan fingerprint density at radius 2 is 0.865 bits per heavy atom. The van der Waals surface area contributed by atoms with E-state index in [0.29, 0.717) is 23.5 Å². The molecule has 0 atom stereocenters. The number of rotatable bonds is 4. The molecule has 0 saturated carbocycles. The van der Waals surface area contributed by atoms with Crippen LogP contribution in [0.25, 0.3) is 22.5 Å². The van der Waals surface area contributed by atoms with Crippen molar-refractivity contribution in [2.75, 3.05) is 0 Å². The molecule has 0 aromatic carbocycles. The first-order chi connectivity index (χ1) is 17.2. The third-order valence-corrected chi connectivity index (χ3v) is 5.61. The van der Waals surface area contributed by atoms with Crippen molar-refractivity contribution >= 4 is 0 Å². The summed E-state index contributed by atoms with van der Waals surface area (Å²) < 4.78 is 106. The third-order valence-electron chi connectivity index (χ3n) is 5.61. The number of halogens is 8. The van der Waals surface area contributed by atoms with E-state index in [1.54, 1.807) is 26.0 Å². The number of pyridine rings is 4. The van der Waals surface area contributed by atoms with E-state index in [9.17, 15) is 35.1 Å². The highest BCUT2D eigenvalue weighted by Crippen LogP contribution is 2.35. The van der Waals surface area contributed by atoms with Crippen LogP contribution in [-0.4, -0.2) is 19.9 Å². The molecule has 37 heavy (non-hydrogen) atoms. The molecule has 4 aromatic heterocycles. The van der Waals surface area contributed by atoms with Crippen LogP contribution in [0, 0.1) is 11.9 Å². The molecule has 0 unspecified atom stereocenters. The monoisotopic (exact) mass is 524 g/mol. The van der Waals surface area contributed by atoms with E-state index in [-0.39, 0.29) is 22.5 Å². The van der Waals surface area contributed by atoms with Crippen molar-refractivity contribution in [1.82, 2.24) is 19.9 Å². The van der Waals surface area contributed by atoms with Crippen LogP contribution in [0.2, 0.25) is 0 Å². The first-order valence-electron chi connectivity index (χ1n) is 10.6. The zero-order chi connectivity index (χ0) is 27.2. The average Bonchev–Trinajstić information content (AvgIpc) is 2.83. The van der Waals surface area contributed by atoms with E-state index in [0.717, 1.165) is 12.1 Å². The molecule has 0 radical (unpaired) electrons. The van der Waals surface area contributed by atoms with Gasteiger partial charge in [0.15, 0.2) is 0 Å². The van der Waals surface area contributed by atoms with Gasteiger partial charge in [-0.05, 0) is 62.4 Å². The van der Waals surface area contributed by atoms with Gasteiger partial charge >= 0.3 is 12.4 Å². The van der Waals surface area contributed by atoms with Gasteiger partial charge in [-0.3, -0.25) is 9.97 Å². The summed E-state index contributed by atoms with van der Waals surface area (Å²) in [6, 6.07) is 12.2. The van der Waals surface area contributed by atoms with Crippen molar-refractivity contribution in [2.24, 2.45) is 0 Å². The molecule has 4 aromatic rings. The predicted molar refractivity (Wildman–Crippen MR) is 117 cm³/mol. The number of hydrogen-bond acceptors (Lipinski definition) is 4. The topological polar surface area (TPSA) is 51.6 Å². The normalized spacial score (nSPS) is 12.6. The van der Waals surface area contributed by atoms with Crippen LogP contribution in [0.5, 0.6) is 0 Å². The lowest BCUT2D eigenvalue weighted by Gasteiger charge is -2.25. The summed E-state index contributed by atoms with van der Waals surface area (Å²) in [4.78, 5) is 14.8. The second kappa shape index (κ2) is 9.16. The fourth-order valence-corrected chi connectivity index (χ4v) is 3.56. The van der Waals surface area contributed by atoms with E-state index < -0.39 is 41.1 Å². The molecule has 192 valence electrons. The van der Waals surface area contributed by atoms with Gasteiger partial charge in [-0.15, -0.1) is 0 Å². The van der Waals surface area contributed by atoms with E-state index in [1.165, 1.54) is 24.3 Å². The average molecular weight is 524 g/mol. The van der Waals surface area contributed by atoms with Crippen molar-refractivity contribution in [1.29, 1.82) is 0 Å². The van der Waals surface area contributed by atoms with Gasteiger partial charge in [0.25, 0.3) is 0 Å². The largest absolute Gasteiger partial charge is 0.433 e. The molecule has 4 rings (SSSR count). The molecule has 0 N–H and O–H groups in total. The Kier molecular flexibility index (Phi) is 6.47. The Morgan fingerprint density at radius 1 is 0.486 bits per heavy atom. The summed E-state index contributed by atoms with van der Waals surface area (Å²) in [7, 11) is 0. The molecular formula is C25H16F8N4. The Hall–Kier alpha value is -3.96. The summed E-state index contributed by atoms with van der Waals surface area (Å²) in [6.07, 6.45) is -9.62. The smallest absolute Gasteiger partial charge is 0.252 e. The number of nitrogens with zero attached hydrogens (tertiary/aromatic N) is 4. The second-order valence-corrected chi connectivity index (χ2v) is 8.51. The van der Waals surface area contributed by atoms with Crippen LogP contribution in [-0.2, 0) is 17.8 Å². The Labute approximate surface area is 205 Å². The van der Waals surface area contributed by atoms with E-state index in [2.05, 4.69) is 19.9 Å². The molecule has 12 heteroatoms.